The Balaban J connectivity index is 1.84. The van der Waals surface area contributed by atoms with Gasteiger partial charge in [-0.1, -0.05) is 30.5 Å². The fraction of sp³-hybridized carbons (Fsp3) is 0.562. The highest BCUT2D eigenvalue weighted by atomic mass is 35.5. The third-order valence-electron chi connectivity index (χ3n) is 4.87. The maximum Gasteiger partial charge on any atom is 0.320 e. The van der Waals surface area contributed by atoms with Crippen LogP contribution in [0.2, 0.25) is 5.02 Å². The molecule has 2 aliphatic rings. The molecular weight excluding hydrogens is 293 g/mol. The smallest absolute Gasteiger partial charge is 0.320 e. The summed E-state index contributed by atoms with van der Waals surface area (Å²) in [6, 6.07) is 4.21. The van der Waals surface area contributed by atoms with Gasteiger partial charge in [-0.3, -0.25) is 9.69 Å². The molecule has 1 saturated carbocycles. The highest BCUT2D eigenvalue weighted by Gasteiger charge is 2.45. The second-order valence-electron chi connectivity index (χ2n) is 6.11. The average Bonchev–Trinajstić information content (AvgIpc) is 2.81. The van der Waals surface area contributed by atoms with Crippen molar-refractivity contribution in [3.63, 3.8) is 0 Å². The van der Waals surface area contributed by atoms with Gasteiger partial charge in [-0.25, -0.2) is 4.39 Å². The molecular formula is C16H19ClFNO2. The van der Waals surface area contributed by atoms with Gasteiger partial charge >= 0.3 is 5.97 Å². The molecule has 3 nitrogen and oxygen atoms in total. The Hall–Kier alpha value is -1.13. The number of rotatable bonds is 3. The number of halogens is 2. The standard InChI is InChI=1S/C16H19ClFNO2/c17-13-8-12(18)6-5-11(13)9-19-14-4-2-1-3-10(14)7-15(19)16(20)21/h5-6,8,10,14-15H,1-4,7,9H2,(H,20,21)/t10-,14+,15-/m0/s1. The molecule has 0 radical (unpaired) electrons. The van der Waals surface area contributed by atoms with Gasteiger partial charge in [0.2, 0.25) is 0 Å². The van der Waals surface area contributed by atoms with E-state index in [0.717, 1.165) is 31.2 Å². The predicted octanol–water partition coefficient (Wildman–Crippen LogP) is 3.70. The van der Waals surface area contributed by atoms with Crippen molar-refractivity contribution in [2.24, 2.45) is 5.92 Å². The van der Waals surface area contributed by atoms with Crippen LogP contribution in [-0.4, -0.2) is 28.1 Å². The van der Waals surface area contributed by atoms with Crippen LogP contribution in [0.25, 0.3) is 0 Å². The van der Waals surface area contributed by atoms with E-state index in [1.165, 1.54) is 18.6 Å². The number of aliphatic carboxylic acids is 1. The summed E-state index contributed by atoms with van der Waals surface area (Å²) < 4.78 is 13.1. The number of hydrogen-bond donors (Lipinski definition) is 1. The summed E-state index contributed by atoms with van der Waals surface area (Å²) in [5, 5.41) is 9.86. The topological polar surface area (TPSA) is 40.5 Å². The Bertz CT molecular complexity index is 551. The van der Waals surface area contributed by atoms with E-state index in [0.29, 0.717) is 23.5 Å². The second-order valence-corrected chi connectivity index (χ2v) is 6.52. The van der Waals surface area contributed by atoms with Gasteiger partial charge < -0.3 is 5.11 Å². The highest BCUT2D eigenvalue weighted by molar-refractivity contribution is 6.31. The fourth-order valence-corrected chi connectivity index (χ4v) is 4.10. The minimum Gasteiger partial charge on any atom is -0.480 e. The van der Waals surface area contributed by atoms with E-state index in [1.54, 1.807) is 6.07 Å². The van der Waals surface area contributed by atoms with Crippen LogP contribution in [0.5, 0.6) is 0 Å². The molecule has 0 aromatic heterocycles. The Kier molecular flexibility index (Phi) is 4.18. The van der Waals surface area contributed by atoms with Crippen molar-refractivity contribution in [1.82, 2.24) is 4.90 Å². The second kappa shape index (κ2) is 5.93. The Morgan fingerprint density at radius 3 is 2.86 bits per heavy atom. The first kappa shape index (κ1) is 14.8. The quantitative estimate of drug-likeness (QED) is 0.925. The lowest BCUT2D eigenvalue weighted by molar-refractivity contribution is -0.142. The van der Waals surface area contributed by atoms with Crippen LogP contribution >= 0.6 is 11.6 Å². The number of carbonyl (C=O) groups is 1. The van der Waals surface area contributed by atoms with E-state index in [4.69, 9.17) is 11.6 Å². The summed E-state index contributed by atoms with van der Waals surface area (Å²) in [5.74, 6) is -0.655. The SMILES string of the molecule is O=C(O)[C@@H]1C[C@@H]2CCCC[C@H]2N1Cc1ccc(F)cc1Cl. The van der Waals surface area contributed by atoms with E-state index in [2.05, 4.69) is 4.90 Å². The molecule has 1 aliphatic heterocycles. The molecule has 3 atom stereocenters. The Labute approximate surface area is 128 Å². The zero-order valence-electron chi connectivity index (χ0n) is 11.8. The van der Waals surface area contributed by atoms with Gasteiger partial charge in [-0.05, 0) is 42.9 Å². The molecule has 1 saturated heterocycles. The lowest BCUT2D eigenvalue weighted by Gasteiger charge is -2.33. The van der Waals surface area contributed by atoms with Gasteiger partial charge in [0.1, 0.15) is 11.9 Å². The molecule has 5 heteroatoms. The maximum absolute atomic E-state index is 13.1. The van der Waals surface area contributed by atoms with Gasteiger partial charge in [-0.15, -0.1) is 0 Å². The molecule has 1 N–H and O–H groups in total. The summed E-state index contributed by atoms with van der Waals surface area (Å²) in [7, 11) is 0. The van der Waals surface area contributed by atoms with Crippen molar-refractivity contribution in [2.75, 3.05) is 0 Å². The van der Waals surface area contributed by atoms with Crippen LogP contribution in [-0.2, 0) is 11.3 Å². The number of fused-ring (bicyclic) bond motifs is 1. The lowest BCUT2D eigenvalue weighted by atomic mass is 9.84. The normalized spacial score (nSPS) is 29.3. The van der Waals surface area contributed by atoms with Crippen LogP contribution in [0.15, 0.2) is 18.2 Å². The van der Waals surface area contributed by atoms with Crippen molar-refractivity contribution in [1.29, 1.82) is 0 Å². The first-order valence-corrected chi connectivity index (χ1v) is 7.86. The van der Waals surface area contributed by atoms with Gasteiger partial charge in [-0.2, -0.15) is 0 Å². The summed E-state index contributed by atoms with van der Waals surface area (Å²) in [6.45, 7) is 0.483. The van der Waals surface area contributed by atoms with E-state index in [9.17, 15) is 14.3 Å². The number of benzene rings is 1. The molecule has 0 spiro atoms. The largest absolute Gasteiger partial charge is 0.480 e. The molecule has 21 heavy (non-hydrogen) atoms. The van der Waals surface area contributed by atoms with E-state index in [1.807, 2.05) is 0 Å². The number of hydrogen-bond acceptors (Lipinski definition) is 2. The van der Waals surface area contributed by atoms with Crippen molar-refractivity contribution in [2.45, 2.75) is 50.7 Å². The molecule has 1 heterocycles. The van der Waals surface area contributed by atoms with E-state index in [-0.39, 0.29) is 5.82 Å². The minimum absolute atomic E-state index is 0.320. The summed E-state index contributed by atoms with van der Waals surface area (Å²) >= 11 is 6.10. The average molecular weight is 312 g/mol. The van der Waals surface area contributed by atoms with Crippen molar-refractivity contribution in [3.8, 4) is 0 Å². The van der Waals surface area contributed by atoms with Crippen LogP contribution < -0.4 is 0 Å². The summed E-state index contributed by atoms with van der Waals surface area (Å²) in [6.07, 6.45) is 5.23. The zero-order valence-corrected chi connectivity index (χ0v) is 12.5. The van der Waals surface area contributed by atoms with Crippen LogP contribution in [0, 0.1) is 11.7 Å². The molecule has 0 unspecified atom stereocenters. The fourth-order valence-electron chi connectivity index (χ4n) is 3.87. The summed E-state index contributed by atoms with van der Waals surface area (Å²) in [5.41, 5.74) is 0.801. The highest BCUT2D eigenvalue weighted by Crippen LogP contribution is 2.41. The van der Waals surface area contributed by atoms with Gasteiger partial charge in [0, 0.05) is 17.6 Å². The molecule has 1 aromatic carbocycles. The number of likely N-dealkylation sites (tertiary alicyclic amines) is 1. The molecule has 3 rings (SSSR count). The number of nitrogens with zero attached hydrogens (tertiary/aromatic N) is 1. The zero-order chi connectivity index (χ0) is 15.0. The summed E-state index contributed by atoms with van der Waals surface area (Å²) in [4.78, 5) is 13.6. The van der Waals surface area contributed by atoms with Crippen LogP contribution in [0.4, 0.5) is 4.39 Å². The molecule has 0 amide bonds. The van der Waals surface area contributed by atoms with Crippen molar-refractivity contribution >= 4 is 17.6 Å². The van der Waals surface area contributed by atoms with Crippen LogP contribution in [0.1, 0.15) is 37.7 Å². The number of carboxylic acids is 1. The van der Waals surface area contributed by atoms with Crippen LogP contribution in [0.3, 0.4) is 0 Å². The molecule has 0 bridgehead atoms. The van der Waals surface area contributed by atoms with Gasteiger partial charge in [0.05, 0.1) is 0 Å². The van der Waals surface area contributed by atoms with E-state index < -0.39 is 12.0 Å². The molecule has 2 fully saturated rings. The Morgan fingerprint density at radius 2 is 2.14 bits per heavy atom. The first-order valence-electron chi connectivity index (χ1n) is 7.48. The monoisotopic (exact) mass is 311 g/mol. The maximum atomic E-state index is 13.1. The van der Waals surface area contributed by atoms with Gasteiger partial charge in [0.15, 0.2) is 0 Å². The molecule has 1 aromatic rings. The Morgan fingerprint density at radius 1 is 1.38 bits per heavy atom. The number of carboxylic acid groups (broad SMARTS) is 1. The van der Waals surface area contributed by atoms with E-state index >= 15 is 0 Å². The third kappa shape index (κ3) is 2.92. The predicted molar refractivity (Wildman–Crippen MR) is 78.7 cm³/mol. The van der Waals surface area contributed by atoms with Gasteiger partial charge in [0.25, 0.3) is 0 Å². The molecule has 114 valence electrons. The first-order chi connectivity index (χ1) is 10.1. The minimum atomic E-state index is -0.761. The third-order valence-corrected chi connectivity index (χ3v) is 5.23. The molecule has 1 aliphatic carbocycles. The van der Waals surface area contributed by atoms with Crippen molar-refractivity contribution < 1.29 is 14.3 Å². The lowest BCUT2D eigenvalue weighted by Crippen LogP contribution is -2.41. The van der Waals surface area contributed by atoms with Crippen molar-refractivity contribution in [3.05, 3.63) is 34.6 Å².